The van der Waals surface area contributed by atoms with Crippen molar-refractivity contribution in [2.75, 3.05) is 0 Å². The van der Waals surface area contributed by atoms with Crippen molar-refractivity contribution in [1.29, 1.82) is 0 Å². The van der Waals surface area contributed by atoms with Crippen LogP contribution in [0.1, 0.15) is 25.0 Å². The van der Waals surface area contributed by atoms with Crippen molar-refractivity contribution in [2.24, 2.45) is 0 Å². The molecule has 0 radical (unpaired) electrons. The lowest BCUT2D eigenvalue weighted by molar-refractivity contribution is 0.666. The largest absolute Gasteiger partial charge is 0.455 e. The van der Waals surface area contributed by atoms with Crippen molar-refractivity contribution in [3.63, 3.8) is 0 Å². The van der Waals surface area contributed by atoms with Crippen LogP contribution in [0, 0.1) is 0 Å². The third-order valence-corrected chi connectivity index (χ3v) is 10.0. The van der Waals surface area contributed by atoms with Crippen LogP contribution in [0.25, 0.3) is 83.3 Å². The van der Waals surface area contributed by atoms with Crippen molar-refractivity contribution in [1.82, 2.24) is 14.5 Å². The molecule has 47 heavy (non-hydrogen) atoms. The fraction of sp³-hybridized carbons (Fsp3) is 0.0698. The fourth-order valence-corrected chi connectivity index (χ4v) is 7.93. The summed E-state index contributed by atoms with van der Waals surface area (Å²) in [6.07, 6.45) is 0. The number of benzene rings is 6. The van der Waals surface area contributed by atoms with Gasteiger partial charge in [-0.1, -0.05) is 123 Å². The van der Waals surface area contributed by atoms with E-state index < -0.39 is 0 Å². The lowest BCUT2D eigenvalue weighted by Crippen LogP contribution is -2.15. The minimum absolute atomic E-state index is 0.149. The molecule has 6 aromatic carbocycles. The van der Waals surface area contributed by atoms with E-state index in [9.17, 15) is 0 Å². The summed E-state index contributed by atoms with van der Waals surface area (Å²) >= 11 is 0. The Kier molecular flexibility index (Phi) is 5.31. The Labute approximate surface area is 271 Å². The number of hydrogen-bond acceptors (Lipinski definition) is 3. The molecular weight excluding hydrogens is 574 g/mol. The normalized spacial score (nSPS) is 13.5. The summed E-state index contributed by atoms with van der Waals surface area (Å²) in [5.74, 6) is 1.45. The molecule has 0 aliphatic heterocycles. The van der Waals surface area contributed by atoms with Crippen LogP contribution in [0.4, 0.5) is 0 Å². The van der Waals surface area contributed by atoms with Crippen molar-refractivity contribution < 1.29 is 4.42 Å². The third-order valence-electron chi connectivity index (χ3n) is 10.0. The summed E-state index contributed by atoms with van der Waals surface area (Å²) in [4.78, 5) is 10.5. The van der Waals surface area contributed by atoms with Crippen LogP contribution in [0.5, 0.6) is 0 Å². The molecule has 0 saturated carbocycles. The van der Waals surface area contributed by atoms with E-state index in [1.807, 2.05) is 24.3 Å². The van der Waals surface area contributed by atoms with Crippen LogP contribution < -0.4 is 0 Å². The van der Waals surface area contributed by atoms with E-state index >= 15 is 0 Å². The van der Waals surface area contributed by atoms with Crippen molar-refractivity contribution >= 4 is 43.7 Å². The number of aromatic nitrogens is 3. The number of hydrogen-bond donors (Lipinski definition) is 0. The number of nitrogens with zero attached hydrogens (tertiary/aromatic N) is 3. The average Bonchev–Trinajstić information content (AvgIpc) is 3.74. The van der Waals surface area contributed by atoms with Crippen LogP contribution in [-0.4, -0.2) is 14.5 Å². The Morgan fingerprint density at radius 1 is 0.574 bits per heavy atom. The van der Waals surface area contributed by atoms with Gasteiger partial charge in [0.15, 0.2) is 5.82 Å². The van der Waals surface area contributed by atoms with Gasteiger partial charge in [-0.3, -0.25) is 4.57 Å². The molecule has 3 aromatic heterocycles. The van der Waals surface area contributed by atoms with E-state index in [1.54, 1.807) is 0 Å². The topological polar surface area (TPSA) is 43.9 Å². The van der Waals surface area contributed by atoms with Crippen LogP contribution in [0.15, 0.2) is 144 Å². The van der Waals surface area contributed by atoms with Crippen molar-refractivity contribution in [3.05, 3.63) is 151 Å². The molecule has 0 amide bonds. The molecule has 9 aromatic rings. The minimum Gasteiger partial charge on any atom is -0.455 e. The Bertz CT molecular complexity index is 2710. The van der Waals surface area contributed by atoms with E-state index in [1.165, 1.54) is 33.0 Å². The molecule has 0 saturated heterocycles. The second-order valence-corrected chi connectivity index (χ2v) is 13.0. The van der Waals surface area contributed by atoms with Crippen LogP contribution in [0.3, 0.4) is 0 Å². The quantitative estimate of drug-likeness (QED) is 0.202. The van der Waals surface area contributed by atoms with Gasteiger partial charge in [0, 0.05) is 38.6 Å². The highest BCUT2D eigenvalue weighted by molar-refractivity contribution is 6.14. The fourth-order valence-electron chi connectivity index (χ4n) is 7.93. The van der Waals surface area contributed by atoms with E-state index in [4.69, 9.17) is 14.4 Å². The number of furan rings is 1. The van der Waals surface area contributed by atoms with Gasteiger partial charge < -0.3 is 4.42 Å². The number of para-hydroxylation sites is 3. The molecule has 4 heteroatoms. The van der Waals surface area contributed by atoms with Gasteiger partial charge in [0.2, 0.25) is 0 Å². The molecule has 3 heterocycles. The van der Waals surface area contributed by atoms with Gasteiger partial charge in [-0.2, -0.15) is 0 Å². The molecule has 0 atom stereocenters. The summed E-state index contributed by atoms with van der Waals surface area (Å²) in [6, 6.07) is 49.1. The summed E-state index contributed by atoms with van der Waals surface area (Å²) in [5, 5.41) is 4.65. The zero-order chi connectivity index (χ0) is 31.3. The Morgan fingerprint density at radius 3 is 2.19 bits per heavy atom. The minimum atomic E-state index is -0.149. The molecule has 0 spiro atoms. The van der Waals surface area contributed by atoms with Crippen LogP contribution in [-0.2, 0) is 5.41 Å². The molecule has 0 bridgehead atoms. The summed E-state index contributed by atoms with van der Waals surface area (Å²) in [6.45, 7) is 4.71. The maximum atomic E-state index is 6.47. The van der Waals surface area contributed by atoms with Gasteiger partial charge >= 0.3 is 0 Å². The van der Waals surface area contributed by atoms with E-state index in [2.05, 4.69) is 134 Å². The van der Waals surface area contributed by atoms with E-state index in [0.717, 1.165) is 55.6 Å². The summed E-state index contributed by atoms with van der Waals surface area (Å²) in [5.41, 5.74) is 11.9. The Morgan fingerprint density at radius 2 is 1.30 bits per heavy atom. The zero-order valence-electron chi connectivity index (χ0n) is 26.0. The van der Waals surface area contributed by atoms with Gasteiger partial charge in [0.1, 0.15) is 17.0 Å². The number of fused-ring (bicyclic) bond motifs is 10. The highest BCUT2D eigenvalue weighted by atomic mass is 16.3. The average molecular weight is 604 g/mol. The van der Waals surface area contributed by atoms with Gasteiger partial charge in [-0.05, 0) is 46.5 Å². The molecule has 0 fully saturated rings. The van der Waals surface area contributed by atoms with Crippen molar-refractivity contribution in [3.8, 4) is 39.6 Å². The second kappa shape index (κ2) is 9.51. The first kappa shape index (κ1) is 26.2. The lowest BCUT2D eigenvalue weighted by atomic mass is 9.80. The van der Waals surface area contributed by atoms with Gasteiger partial charge in [0.05, 0.1) is 22.3 Å². The predicted octanol–water partition coefficient (Wildman–Crippen LogP) is 11.1. The molecule has 222 valence electrons. The highest BCUT2D eigenvalue weighted by Gasteiger charge is 2.38. The second-order valence-electron chi connectivity index (χ2n) is 13.0. The van der Waals surface area contributed by atoms with Gasteiger partial charge in [-0.25, -0.2) is 9.97 Å². The summed E-state index contributed by atoms with van der Waals surface area (Å²) < 4.78 is 8.79. The smallest absolute Gasteiger partial charge is 0.165 e. The third kappa shape index (κ3) is 3.64. The van der Waals surface area contributed by atoms with Crippen LogP contribution in [0.2, 0.25) is 0 Å². The van der Waals surface area contributed by atoms with Gasteiger partial charge in [0.25, 0.3) is 0 Å². The predicted molar refractivity (Wildman–Crippen MR) is 192 cm³/mol. The molecule has 10 rings (SSSR count). The van der Waals surface area contributed by atoms with Crippen molar-refractivity contribution in [2.45, 2.75) is 19.3 Å². The Balaban J connectivity index is 1.30. The lowest BCUT2D eigenvalue weighted by Gasteiger charge is -2.22. The maximum Gasteiger partial charge on any atom is 0.165 e. The molecule has 0 unspecified atom stereocenters. The Hall–Kier alpha value is -6.00. The van der Waals surface area contributed by atoms with E-state index in [0.29, 0.717) is 5.82 Å². The molecule has 1 aliphatic carbocycles. The SMILES string of the molecule is CC1(C)c2ccccc2-c2ccc3c(c21)c1ccccc1n3-c1cc(-c2ccccc2)nc(-c2cccc3c2oc2ccccc23)n1. The highest BCUT2D eigenvalue weighted by Crippen LogP contribution is 2.53. The zero-order valence-corrected chi connectivity index (χ0v) is 26.0. The van der Waals surface area contributed by atoms with Crippen LogP contribution >= 0.6 is 0 Å². The number of rotatable bonds is 3. The van der Waals surface area contributed by atoms with Gasteiger partial charge in [-0.15, -0.1) is 0 Å². The first-order chi connectivity index (χ1) is 23.1. The first-order valence-corrected chi connectivity index (χ1v) is 16.1. The maximum absolute atomic E-state index is 6.47. The molecule has 4 nitrogen and oxygen atoms in total. The van der Waals surface area contributed by atoms with E-state index in [-0.39, 0.29) is 5.41 Å². The monoisotopic (exact) mass is 603 g/mol. The molecular formula is C43H29N3O. The molecule has 1 aliphatic rings. The standard InChI is InChI=1S/C43H29N3O/c1-43(2)33-20-9-6-15-27(33)29-23-24-36-39(40(29)43)31-17-7-10-21-35(31)46(36)38-25-34(26-13-4-3-5-14-26)44-42(45-38)32-19-12-18-30-28-16-8-11-22-37(28)47-41(30)32/h3-25H,1-2H3. The first-order valence-electron chi connectivity index (χ1n) is 16.1. The molecule has 0 N–H and O–H groups in total. The summed E-state index contributed by atoms with van der Waals surface area (Å²) in [7, 11) is 0.